The van der Waals surface area contributed by atoms with E-state index in [-0.39, 0.29) is 0 Å². The molecule has 0 saturated carbocycles. The van der Waals surface area contributed by atoms with Crippen LogP contribution in [0.4, 0.5) is 11.4 Å². The molecule has 0 fully saturated rings. The fraction of sp³-hybridized carbons (Fsp3) is 0.257. The first kappa shape index (κ1) is 26.3. The van der Waals surface area contributed by atoms with Crippen LogP contribution in [0, 0.1) is 6.92 Å². The van der Waals surface area contributed by atoms with Crippen LogP contribution in [0.2, 0.25) is 0 Å². The van der Waals surface area contributed by atoms with Crippen molar-refractivity contribution in [3.63, 3.8) is 0 Å². The normalized spacial score (nSPS) is 10.7. The van der Waals surface area contributed by atoms with E-state index in [9.17, 15) is 0 Å². The molecule has 0 amide bonds. The Morgan fingerprint density at radius 3 is 1.11 bits per heavy atom. The summed E-state index contributed by atoms with van der Waals surface area (Å²) in [5.41, 5.74) is 11.2. The molecule has 0 unspecified atom stereocenters. The molecule has 0 N–H and O–H groups in total. The van der Waals surface area contributed by atoms with Crippen molar-refractivity contribution in [3.8, 4) is 0 Å². The maximum Gasteiger partial charge on any atom is 0.0366 e. The molecule has 0 spiro atoms. The summed E-state index contributed by atoms with van der Waals surface area (Å²) in [6.07, 6.45) is 0. The highest BCUT2D eigenvalue weighted by Crippen LogP contribution is 2.38. The van der Waals surface area contributed by atoms with Gasteiger partial charge in [-0.05, 0) is 92.3 Å². The van der Waals surface area contributed by atoms with Crippen LogP contribution in [0.15, 0.2) is 103 Å². The molecule has 0 heterocycles. The molecule has 37 heavy (non-hydrogen) atoms. The highest BCUT2D eigenvalue weighted by Gasteiger charge is 2.17. The molecule has 0 saturated heterocycles. The predicted molar refractivity (Wildman–Crippen MR) is 163 cm³/mol. The van der Waals surface area contributed by atoms with E-state index in [1.165, 1.54) is 50.3 Å². The summed E-state index contributed by atoms with van der Waals surface area (Å²) in [5, 5.41) is 0. The van der Waals surface area contributed by atoms with Gasteiger partial charge in [-0.3, -0.25) is 0 Å². The van der Waals surface area contributed by atoms with Crippen molar-refractivity contribution >= 4 is 22.5 Å². The Kier molecular flexibility index (Phi) is 8.85. The molecule has 0 aliphatic rings. The van der Waals surface area contributed by atoms with Gasteiger partial charge in [-0.25, -0.2) is 0 Å². The summed E-state index contributed by atoms with van der Waals surface area (Å²) < 4.78 is 0. The minimum atomic E-state index is 1.00. The van der Waals surface area contributed by atoms with Crippen LogP contribution in [-0.4, -0.2) is 26.2 Å². The van der Waals surface area contributed by atoms with Crippen LogP contribution in [0.25, 0.3) is 11.1 Å². The Morgan fingerprint density at radius 1 is 0.432 bits per heavy atom. The second-order valence-corrected chi connectivity index (χ2v) is 9.42. The van der Waals surface area contributed by atoms with E-state index in [0.717, 1.165) is 26.2 Å². The summed E-state index contributed by atoms with van der Waals surface area (Å²) in [5.74, 6) is 0. The highest BCUT2D eigenvalue weighted by atomic mass is 15.1. The second kappa shape index (κ2) is 12.5. The predicted octanol–water partition coefficient (Wildman–Crippen LogP) is 8.69. The van der Waals surface area contributed by atoms with Gasteiger partial charge in [-0.15, -0.1) is 0 Å². The number of rotatable bonds is 10. The van der Waals surface area contributed by atoms with Crippen LogP contribution >= 0.6 is 0 Å². The first-order chi connectivity index (χ1) is 18.1. The average Bonchev–Trinajstić information content (AvgIpc) is 2.95. The van der Waals surface area contributed by atoms with E-state index >= 15 is 0 Å². The topological polar surface area (TPSA) is 6.48 Å². The van der Waals surface area contributed by atoms with Crippen LogP contribution in [-0.2, 0) is 0 Å². The van der Waals surface area contributed by atoms with Crippen LogP contribution in [0.5, 0.6) is 0 Å². The standard InChI is InChI=1S/C35H40N2/c1-6-36(7-2)32-23-19-30(20-24-32)35(31-21-25-33(26-22-31)37(8-3)9-4)34(28-13-11-10-12-14-28)29-17-15-27(5)16-18-29/h10-26H,6-9H2,1-5H3. The maximum atomic E-state index is 2.39. The summed E-state index contributed by atoms with van der Waals surface area (Å²) in [7, 11) is 0. The van der Waals surface area contributed by atoms with Crippen molar-refractivity contribution < 1.29 is 0 Å². The Labute approximate surface area is 223 Å². The van der Waals surface area contributed by atoms with Gasteiger partial charge in [0, 0.05) is 37.6 Å². The second-order valence-electron chi connectivity index (χ2n) is 9.42. The van der Waals surface area contributed by atoms with Gasteiger partial charge in [0.15, 0.2) is 0 Å². The molecule has 0 aromatic heterocycles. The minimum Gasteiger partial charge on any atom is -0.372 e. The van der Waals surface area contributed by atoms with Crippen molar-refractivity contribution in [1.29, 1.82) is 0 Å². The molecule has 0 bridgehead atoms. The number of aryl methyl sites for hydroxylation is 1. The van der Waals surface area contributed by atoms with Crippen molar-refractivity contribution in [2.75, 3.05) is 36.0 Å². The van der Waals surface area contributed by atoms with Crippen molar-refractivity contribution in [2.24, 2.45) is 0 Å². The third-order valence-electron chi connectivity index (χ3n) is 7.22. The molecular weight excluding hydrogens is 448 g/mol. The van der Waals surface area contributed by atoms with Gasteiger partial charge in [0.1, 0.15) is 0 Å². The zero-order valence-electron chi connectivity index (χ0n) is 23.0. The van der Waals surface area contributed by atoms with Gasteiger partial charge >= 0.3 is 0 Å². The molecule has 2 nitrogen and oxygen atoms in total. The quantitative estimate of drug-likeness (QED) is 0.206. The molecule has 0 radical (unpaired) electrons. The number of anilines is 2. The summed E-state index contributed by atoms with van der Waals surface area (Å²) in [6.45, 7) is 15.0. The third-order valence-corrected chi connectivity index (χ3v) is 7.22. The molecular formula is C35H40N2. The summed E-state index contributed by atoms with van der Waals surface area (Å²) >= 11 is 0. The van der Waals surface area contributed by atoms with Gasteiger partial charge in [0.05, 0.1) is 0 Å². The van der Waals surface area contributed by atoms with Gasteiger partial charge < -0.3 is 9.80 Å². The Balaban J connectivity index is 1.97. The minimum absolute atomic E-state index is 1.00. The highest BCUT2D eigenvalue weighted by molar-refractivity contribution is 6.04. The average molecular weight is 489 g/mol. The molecule has 4 aromatic rings. The Bertz CT molecular complexity index is 1220. The molecule has 4 rings (SSSR count). The van der Waals surface area contributed by atoms with Gasteiger partial charge in [-0.2, -0.15) is 0 Å². The van der Waals surface area contributed by atoms with Gasteiger partial charge in [-0.1, -0.05) is 84.4 Å². The van der Waals surface area contributed by atoms with Crippen LogP contribution < -0.4 is 9.80 Å². The van der Waals surface area contributed by atoms with Gasteiger partial charge in [0.25, 0.3) is 0 Å². The zero-order chi connectivity index (χ0) is 26.2. The molecule has 2 heteroatoms. The monoisotopic (exact) mass is 488 g/mol. The molecule has 0 aliphatic carbocycles. The summed E-state index contributed by atoms with van der Waals surface area (Å²) in [4.78, 5) is 4.79. The van der Waals surface area contributed by atoms with Crippen LogP contribution in [0.3, 0.4) is 0 Å². The lowest BCUT2D eigenvalue weighted by molar-refractivity contribution is 0.866. The first-order valence-electron chi connectivity index (χ1n) is 13.7. The SMILES string of the molecule is CCN(CC)c1ccc(C(=C(c2ccccc2)c2ccc(C)cc2)c2ccc(N(CC)CC)cc2)cc1. The number of nitrogens with zero attached hydrogens (tertiary/aromatic N) is 2. The van der Waals surface area contributed by atoms with Crippen LogP contribution in [0.1, 0.15) is 55.5 Å². The smallest absolute Gasteiger partial charge is 0.0366 e. The first-order valence-corrected chi connectivity index (χ1v) is 13.7. The van der Waals surface area contributed by atoms with Crippen molar-refractivity contribution in [2.45, 2.75) is 34.6 Å². The van der Waals surface area contributed by atoms with E-state index < -0.39 is 0 Å². The fourth-order valence-corrected chi connectivity index (χ4v) is 5.09. The molecule has 0 atom stereocenters. The van der Waals surface area contributed by atoms with E-state index in [1.807, 2.05) is 0 Å². The Hall–Kier alpha value is -3.78. The van der Waals surface area contributed by atoms with Crippen molar-refractivity contribution in [3.05, 3.63) is 131 Å². The van der Waals surface area contributed by atoms with E-state index in [2.05, 4.69) is 148 Å². The number of hydrogen-bond acceptors (Lipinski definition) is 2. The Morgan fingerprint density at radius 2 is 0.757 bits per heavy atom. The lowest BCUT2D eigenvalue weighted by Crippen LogP contribution is -2.21. The zero-order valence-corrected chi connectivity index (χ0v) is 23.0. The molecule has 190 valence electrons. The maximum absolute atomic E-state index is 2.39. The van der Waals surface area contributed by atoms with E-state index in [4.69, 9.17) is 0 Å². The van der Waals surface area contributed by atoms with Gasteiger partial charge in [0.2, 0.25) is 0 Å². The third kappa shape index (κ3) is 5.97. The largest absolute Gasteiger partial charge is 0.372 e. The molecule has 4 aromatic carbocycles. The fourth-order valence-electron chi connectivity index (χ4n) is 5.09. The lowest BCUT2D eigenvalue weighted by atomic mass is 9.85. The summed E-state index contributed by atoms with van der Waals surface area (Å²) in [6, 6.07) is 38.0. The number of benzene rings is 4. The van der Waals surface area contributed by atoms with E-state index in [0.29, 0.717) is 0 Å². The van der Waals surface area contributed by atoms with E-state index in [1.54, 1.807) is 0 Å². The number of hydrogen-bond donors (Lipinski definition) is 0. The molecule has 0 aliphatic heterocycles. The van der Waals surface area contributed by atoms with Crippen molar-refractivity contribution in [1.82, 2.24) is 0 Å². The lowest BCUT2D eigenvalue weighted by Gasteiger charge is -2.23.